The number of aromatic nitrogens is 1. The molecule has 29 heavy (non-hydrogen) atoms. The van der Waals surface area contributed by atoms with Crippen molar-refractivity contribution in [2.24, 2.45) is 5.92 Å². The van der Waals surface area contributed by atoms with Crippen LogP contribution < -0.4 is 4.74 Å². The molecule has 0 amide bonds. The standard InChI is InChI=1S/C23H21NO4S/c1-27-20-12-6-4-10-17(20)19(25)14-28-23(26)16-9-3-2-8-15(16)22-24-18-11-5-7-13-21(18)29-22/h2-7,10-13,15-16H,8-9,14H2,1H3/t15-,16-/m0/s1. The zero-order valence-electron chi connectivity index (χ0n) is 16.0. The van der Waals surface area contributed by atoms with E-state index >= 15 is 0 Å². The monoisotopic (exact) mass is 407 g/mol. The molecule has 5 nitrogen and oxygen atoms in total. The fraction of sp³-hybridized carbons (Fsp3) is 0.261. The van der Waals surface area contributed by atoms with Crippen LogP contribution in [-0.2, 0) is 9.53 Å². The SMILES string of the molecule is COc1ccccc1C(=O)COC(=O)[C@H]1CC=CC[C@@H]1c1nc2ccccc2s1. The lowest BCUT2D eigenvalue weighted by Gasteiger charge is -2.25. The number of ether oxygens (including phenoxy) is 2. The summed E-state index contributed by atoms with van der Waals surface area (Å²) >= 11 is 1.61. The molecule has 2 aromatic carbocycles. The van der Waals surface area contributed by atoms with Gasteiger partial charge in [0.15, 0.2) is 6.61 Å². The van der Waals surface area contributed by atoms with Crippen LogP contribution in [0.4, 0.5) is 0 Å². The lowest BCUT2D eigenvalue weighted by Crippen LogP contribution is -2.27. The summed E-state index contributed by atoms with van der Waals surface area (Å²) < 4.78 is 11.7. The van der Waals surface area contributed by atoms with Crippen LogP contribution in [0.15, 0.2) is 60.7 Å². The molecule has 1 heterocycles. The molecule has 3 aromatic rings. The molecular formula is C23H21NO4S. The molecule has 0 aliphatic heterocycles. The van der Waals surface area contributed by atoms with E-state index in [1.54, 1.807) is 35.6 Å². The third kappa shape index (κ3) is 4.07. The molecule has 0 radical (unpaired) electrons. The Morgan fingerprint density at radius 1 is 1.07 bits per heavy atom. The number of carbonyl (C=O) groups excluding carboxylic acids is 2. The summed E-state index contributed by atoms with van der Waals surface area (Å²) in [5.41, 5.74) is 1.36. The van der Waals surface area contributed by atoms with Crippen molar-refractivity contribution in [2.75, 3.05) is 13.7 Å². The first-order chi connectivity index (χ1) is 14.2. The second kappa shape index (κ2) is 8.57. The van der Waals surface area contributed by atoms with Crippen LogP contribution in [0.25, 0.3) is 10.2 Å². The second-order valence-electron chi connectivity index (χ2n) is 6.91. The molecule has 1 aromatic heterocycles. The molecule has 1 aliphatic carbocycles. The van der Waals surface area contributed by atoms with Crippen LogP contribution in [0.3, 0.4) is 0 Å². The maximum Gasteiger partial charge on any atom is 0.310 e. The fourth-order valence-electron chi connectivity index (χ4n) is 3.59. The van der Waals surface area contributed by atoms with E-state index in [2.05, 4.69) is 6.08 Å². The molecule has 0 saturated carbocycles. The van der Waals surface area contributed by atoms with Crippen LogP contribution in [0.1, 0.15) is 34.1 Å². The molecular weight excluding hydrogens is 386 g/mol. The highest BCUT2D eigenvalue weighted by molar-refractivity contribution is 7.18. The minimum Gasteiger partial charge on any atom is -0.496 e. The highest BCUT2D eigenvalue weighted by Crippen LogP contribution is 2.39. The number of fused-ring (bicyclic) bond motifs is 1. The van der Waals surface area contributed by atoms with Crippen molar-refractivity contribution in [2.45, 2.75) is 18.8 Å². The highest BCUT2D eigenvalue weighted by Gasteiger charge is 2.34. The first-order valence-electron chi connectivity index (χ1n) is 9.50. The summed E-state index contributed by atoms with van der Waals surface area (Å²) in [5.74, 6) is -0.542. The van der Waals surface area contributed by atoms with E-state index < -0.39 is 0 Å². The number of carbonyl (C=O) groups is 2. The number of benzene rings is 2. The quantitative estimate of drug-likeness (QED) is 0.334. The van der Waals surface area contributed by atoms with Gasteiger partial charge in [0.25, 0.3) is 0 Å². The van der Waals surface area contributed by atoms with Crippen LogP contribution in [0.2, 0.25) is 0 Å². The molecule has 148 valence electrons. The Labute approximate surface area is 173 Å². The first kappa shape index (κ1) is 19.3. The molecule has 2 atom stereocenters. The predicted molar refractivity (Wildman–Crippen MR) is 113 cm³/mol. The Bertz CT molecular complexity index is 1040. The maximum absolute atomic E-state index is 12.8. The van der Waals surface area contributed by atoms with Crippen molar-refractivity contribution in [1.29, 1.82) is 0 Å². The van der Waals surface area contributed by atoms with E-state index in [0.717, 1.165) is 21.6 Å². The molecule has 6 heteroatoms. The summed E-state index contributed by atoms with van der Waals surface area (Å²) in [6.45, 7) is -0.300. The number of allylic oxidation sites excluding steroid dienone is 2. The van der Waals surface area contributed by atoms with E-state index in [-0.39, 0.29) is 30.2 Å². The Hall–Kier alpha value is -2.99. The number of thiazole rings is 1. The smallest absolute Gasteiger partial charge is 0.310 e. The Kier molecular flexibility index (Phi) is 5.71. The molecule has 1 aliphatic rings. The minimum atomic E-state index is -0.359. The predicted octanol–water partition coefficient (Wildman–Crippen LogP) is 4.78. The first-order valence-corrected chi connectivity index (χ1v) is 10.3. The summed E-state index contributed by atoms with van der Waals surface area (Å²) in [5, 5.41) is 0.938. The van der Waals surface area contributed by atoms with Gasteiger partial charge in [-0.05, 0) is 37.1 Å². The van der Waals surface area contributed by atoms with E-state index in [9.17, 15) is 9.59 Å². The molecule has 0 N–H and O–H groups in total. The van der Waals surface area contributed by atoms with Gasteiger partial charge in [0.05, 0.1) is 33.8 Å². The van der Waals surface area contributed by atoms with Crippen LogP contribution in [0.5, 0.6) is 5.75 Å². The van der Waals surface area contributed by atoms with Gasteiger partial charge in [-0.25, -0.2) is 4.98 Å². The van der Waals surface area contributed by atoms with Crippen molar-refractivity contribution >= 4 is 33.3 Å². The highest BCUT2D eigenvalue weighted by atomic mass is 32.1. The van der Waals surface area contributed by atoms with Crippen LogP contribution >= 0.6 is 11.3 Å². The van der Waals surface area contributed by atoms with Gasteiger partial charge in [0.1, 0.15) is 5.75 Å². The maximum atomic E-state index is 12.8. The molecule has 0 bridgehead atoms. The minimum absolute atomic E-state index is 0.0359. The number of methoxy groups -OCH3 is 1. The average Bonchev–Trinajstić information content (AvgIpc) is 3.21. The number of Topliss-reactive ketones (excluding diaryl/α,β-unsaturated/α-hetero) is 1. The summed E-state index contributed by atoms with van der Waals surface area (Å²) in [4.78, 5) is 30.1. The van der Waals surface area contributed by atoms with Gasteiger partial charge in [-0.3, -0.25) is 9.59 Å². The number of rotatable bonds is 6. The topological polar surface area (TPSA) is 65.5 Å². The van der Waals surface area contributed by atoms with E-state index in [0.29, 0.717) is 17.7 Å². The van der Waals surface area contributed by atoms with Crippen molar-refractivity contribution in [3.8, 4) is 5.75 Å². The third-order valence-electron chi connectivity index (χ3n) is 5.12. The third-order valence-corrected chi connectivity index (χ3v) is 6.28. The van der Waals surface area contributed by atoms with Crippen LogP contribution in [-0.4, -0.2) is 30.5 Å². The van der Waals surface area contributed by atoms with E-state index in [1.807, 2.05) is 30.3 Å². The summed E-state index contributed by atoms with van der Waals surface area (Å²) in [7, 11) is 1.51. The van der Waals surface area contributed by atoms with Crippen molar-refractivity contribution in [3.05, 3.63) is 71.3 Å². The number of esters is 1. The zero-order valence-corrected chi connectivity index (χ0v) is 16.9. The van der Waals surface area contributed by atoms with Gasteiger partial charge in [0.2, 0.25) is 5.78 Å². The molecule has 0 fully saturated rings. The van der Waals surface area contributed by atoms with E-state index in [4.69, 9.17) is 14.5 Å². The van der Waals surface area contributed by atoms with Crippen molar-refractivity contribution in [3.63, 3.8) is 0 Å². The lowest BCUT2D eigenvalue weighted by atomic mass is 9.83. The van der Waals surface area contributed by atoms with Gasteiger partial charge in [-0.2, -0.15) is 0 Å². The van der Waals surface area contributed by atoms with Crippen molar-refractivity contribution in [1.82, 2.24) is 4.98 Å². The number of nitrogens with zero attached hydrogens (tertiary/aromatic N) is 1. The number of ketones is 1. The molecule has 4 rings (SSSR count). The average molecular weight is 407 g/mol. The van der Waals surface area contributed by atoms with Gasteiger partial charge >= 0.3 is 5.97 Å². The number of para-hydroxylation sites is 2. The van der Waals surface area contributed by atoms with Gasteiger partial charge in [-0.1, -0.05) is 36.4 Å². The normalized spacial score (nSPS) is 18.5. The Morgan fingerprint density at radius 2 is 1.83 bits per heavy atom. The van der Waals surface area contributed by atoms with E-state index in [1.165, 1.54) is 7.11 Å². The zero-order chi connectivity index (χ0) is 20.2. The van der Waals surface area contributed by atoms with Crippen molar-refractivity contribution < 1.29 is 19.1 Å². The van der Waals surface area contributed by atoms with Gasteiger partial charge in [-0.15, -0.1) is 11.3 Å². The molecule has 0 saturated heterocycles. The fourth-order valence-corrected chi connectivity index (χ4v) is 4.74. The molecule has 0 unspecified atom stereocenters. The number of hydrogen-bond donors (Lipinski definition) is 0. The van der Waals surface area contributed by atoms with Gasteiger partial charge < -0.3 is 9.47 Å². The summed E-state index contributed by atoms with van der Waals surface area (Å²) in [6.07, 6.45) is 5.40. The Morgan fingerprint density at radius 3 is 2.66 bits per heavy atom. The number of hydrogen-bond acceptors (Lipinski definition) is 6. The van der Waals surface area contributed by atoms with Crippen LogP contribution in [0, 0.1) is 5.92 Å². The second-order valence-corrected chi connectivity index (χ2v) is 7.97. The Balaban J connectivity index is 1.48. The molecule has 0 spiro atoms. The largest absolute Gasteiger partial charge is 0.496 e. The van der Waals surface area contributed by atoms with Gasteiger partial charge in [0, 0.05) is 5.92 Å². The summed E-state index contributed by atoms with van der Waals surface area (Å²) in [6, 6.07) is 14.9. The lowest BCUT2D eigenvalue weighted by molar-refractivity contribution is -0.148.